The van der Waals surface area contributed by atoms with Gasteiger partial charge in [0, 0.05) is 18.1 Å². The number of rotatable bonds is 12. The van der Waals surface area contributed by atoms with E-state index in [4.69, 9.17) is 23.9 Å². The summed E-state index contributed by atoms with van der Waals surface area (Å²) >= 11 is 0. The van der Waals surface area contributed by atoms with Gasteiger partial charge < -0.3 is 18.9 Å². The first-order valence-electron chi connectivity index (χ1n) is 13.2. The van der Waals surface area contributed by atoms with E-state index in [1.807, 2.05) is 118 Å². The molecule has 3 aromatic carbocycles. The lowest BCUT2D eigenvalue weighted by atomic mass is 10.1. The van der Waals surface area contributed by atoms with Crippen molar-refractivity contribution in [3.63, 3.8) is 0 Å². The van der Waals surface area contributed by atoms with E-state index in [0.717, 1.165) is 22.3 Å². The van der Waals surface area contributed by atoms with E-state index >= 15 is 0 Å². The smallest absolute Gasteiger partial charge is 0.306 e. The molecular weight excluding hydrogens is 490 g/mol. The Labute approximate surface area is 230 Å². The minimum atomic E-state index is -0.483. The third-order valence-corrected chi connectivity index (χ3v) is 5.64. The van der Waals surface area contributed by atoms with Gasteiger partial charge in [-0.25, -0.2) is 0 Å². The second kappa shape index (κ2) is 13.5. The van der Waals surface area contributed by atoms with Crippen LogP contribution < -0.4 is 14.2 Å². The van der Waals surface area contributed by atoms with Crippen LogP contribution in [0.5, 0.6) is 17.5 Å². The molecule has 4 rings (SSSR count). The predicted octanol–water partition coefficient (Wildman–Crippen LogP) is 7.41. The summed E-state index contributed by atoms with van der Waals surface area (Å²) in [6.07, 6.45) is 0.877. The van der Waals surface area contributed by atoms with Crippen LogP contribution in [0.1, 0.15) is 44.7 Å². The largest absolute Gasteiger partial charge is 0.494 e. The molecule has 0 spiro atoms. The third-order valence-electron chi connectivity index (χ3n) is 5.64. The van der Waals surface area contributed by atoms with Gasteiger partial charge in [-0.05, 0) is 62.1 Å². The maximum Gasteiger partial charge on any atom is 0.306 e. The van der Waals surface area contributed by atoms with Gasteiger partial charge >= 0.3 is 5.97 Å². The van der Waals surface area contributed by atoms with Crippen molar-refractivity contribution in [2.75, 3.05) is 6.61 Å². The molecule has 1 aromatic heterocycles. The highest BCUT2D eigenvalue weighted by molar-refractivity contribution is 5.70. The van der Waals surface area contributed by atoms with Gasteiger partial charge in [-0.3, -0.25) is 4.79 Å². The number of aromatic nitrogens is 1. The monoisotopic (exact) mass is 525 g/mol. The number of hydrogen-bond donors (Lipinski definition) is 0. The van der Waals surface area contributed by atoms with Crippen LogP contribution in [0.2, 0.25) is 0 Å². The first-order valence-corrected chi connectivity index (χ1v) is 13.2. The second-order valence-electron chi connectivity index (χ2n) is 10.1. The van der Waals surface area contributed by atoms with Crippen LogP contribution in [0.25, 0.3) is 11.1 Å². The molecule has 0 aliphatic heterocycles. The van der Waals surface area contributed by atoms with Gasteiger partial charge in [-0.1, -0.05) is 72.8 Å². The zero-order chi connectivity index (χ0) is 27.5. The molecule has 0 radical (unpaired) electrons. The number of esters is 1. The van der Waals surface area contributed by atoms with Gasteiger partial charge in [0.2, 0.25) is 11.8 Å². The Hall–Kier alpha value is -4.32. The van der Waals surface area contributed by atoms with E-state index in [-0.39, 0.29) is 5.97 Å². The van der Waals surface area contributed by atoms with Crippen LogP contribution in [-0.4, -0.2) is 23.2 Å². The summed E-state index contributed by atoms with van der Waals surface area (Å²) in [5.74, 6) is 1.45. The zero-order valence-corrected chi connectivity index (χ0v) is 22.8. The third kappa shape index (κ3) is 9.18. The lowest BCUT2D eigenvalue weighted by molar-refractivity contribution is -0.155. The Morgan fingerprint density at radius 3 is 2.08 bits per heavy atom. The number of nitrogens with zero attached hydrogens (tertiary/aromatic N) is 1. The van der Waals surface area contributed by atoms with Gasteiger partial charge in [-0.2, -0.15) is 4.98 Å². The number of pyridine rings is 1. The molecule has 6 nitrogen and oxygen atoms in total. The molecule has 0 fully saturated rings. The molecule has 0 amide bonds. The summed E-state index contributed by atoms with van der Waals surface area (Å²) in [6.45, 7) is 6.79. The first-order chi connectivity index (χ1) is 18.9. The Kier molecular flexibility index (Phi) is 9.57. The topological polar surface area (TPSA) is 66.9 Å². The summed E-state index contributed by atoms with van der Waals surface area (Å²) < 4.78 is 23.4. The standard InChI is InChI=1S/C33H35NO5/c1-33(2,3)39-31(35)18-11-21-36-28-17-10-16-27(22-28)29-19-20-30(37-23-25-12-6-4-7-13-25)34-32(29)38-24-26-14-8-5-9-15-26/h4-10,12-17,19-20,22H,11,18,21,23-24H2,1-3H3. The van der Waals surface area contributed by atoms with E-state index in [9.17, 15) is 4.79 Å². The quantitative estimate of drug-likeness (QED) is 0.142. The fourth-order valence-corrected chi connectivity index (χ4v) is 3.84. The zero-order valence-electron chi connectivity index (χ0n) is 22.8. The van der Waals surface area contributed by atoms with Gasteiger partial charge in [-0.15, -0.1) is 0 Å². The molecule has 1 heterocycles. The molecule has 0 saturated carbocycles. The van der Waals surface area contributed by atoms with Crippen molar-refractivity contribution in [3.05, 3.63) is 108 Å². The molecule has 0 saturated heterocycles. The van der Waals surface area contributed by atoms with E-state index in [2.05, 4.69) is 0 Å². The molecule has 0 atom stereocenters. The fourth-order valence-electron chi connectivity index (χ4n) is 3.84. The first kappa shape index (κ1) is 27.7. The molecule has 0 aliphatic carbocycles. The van der Waals surface area contributed by atoms with Crippen LogP contribution in [0.15, 0.2) is 97.1 Å². The van der Waals surface area contributed by atoms with Crippen molar-refractivity contribution in [3.8, 4) is 28.6 Å². The van der Waals surface area contributed by atoms with Crippen molar-refractivity contribution in [1.82, 2.24) is 4.98 Å². The van der Waals surface area contributed by atoms with Gasteiger partial charge in [0.15, 0.2) is 0 Å². The molecule has 0 unspecified atom stereocenters. The van der Waals surface area contributed by atoms with Crippen LogP contribution >= 0.6 is 0 Å². The van der Waals surface area contributed by atoms with Crippen molar-refractivity contribution in [1.29, 1.82) is 0 Å². The molecule has 39 heavy (non-hydrogen) atoms. The van der Waals surface area contributed by atoms with Crippen LogP contribution in [0.4, 0.5) is 0 Å². The van der Waals surface area contributed by atoms with E-state index in [0.29, 0.717) is 50.2 Å². The van der Waals surface area contributed by atoms with Crippen LogP contribution in [-0.2, 0) is 22.7 Å². The second-order valence-corrected chi connectivity index (χ2v) is 10.1. The van der Waals surface area contributed by atoms with E-state index < -0.39 is 5.60 Å². The normalized spacial score (nSPS) is 11.1. The Morgan fingerprint density at radius 2 is 1.41 bits per heavy atom. The van der Waals surface area contributed by atoms with Gasteiger partial charge in [0.25, 0.3) is 0 Å². The highest BCUT2D eigenvalue weighted by atomic mass is 16.6. The van der Waals surface area contributed by atoms with Crippen molar-refractivity contribution < 1.29 is 23.7 Å². The maximum atomic E-state index is 12.0. The Balaban J connectivity index is 1.46. The number of benzene rings is 3. The summed E-state index contributed by atoms with van der Waals surface area (Å²) in [4.78, 5) is 16.7. The highest BCUT2D eigenvalue weighted by Gasteiger charge is 2.16. The minimum Gasteiger partial charge on any atom is -0.494 e. The molecule has 6 heteroatoms. The lowest BCUT2D eigenvalue weighted by Gasteiger charge is -2.19. The number of carbonyl (C=O) groups is 1. The van der Waals surface area contributed by atoms with Crippen molar-refractivity contribution in [2.24, 2.45) is 0 Å². The number of ether oxygens (including phenoxy) is 4. The molecular formula is C33H35NO5. The van der Waals surface area contributed by atoms with Gasteiger partial charge in [0.05, 0.1) is 6.61 Å². The van der Waals surface area contributed by atoms with Crippen molar-refractivity contribution in [2.45, 2.75) is 52.4 Å². The molecule has 4 aromatic rings. The SMILES string of the molecule is CC(C)(C)OC(=O)CCCOc1cccc(-c2ccc(OCc3ccccc3)nc2OCc2ccccc2)c1. The predicted molar refractivity (Wildman–Crippen MR) is 152 cm³/mol. The maximum absolute atomic E-state index is 12.0. The minimum absolute atomic E-state index is 0.222. The summed E-state index contributed by atoms with van der Waals surface area (Å²) in [5, 5.41) is 0. The molecule has 202 valence electrons. The Bertz CT molecular complexity index is 1330. The van der Waals surface area contributed by atoms with Crippen LogP contribution in [0, 0.1) is 0 Å². The van der Waals surface area contributed by atoms with E-state index in [1.54, 1.807) is 0 Å². The summed E-state index contributed by atoms with van der Waals surface area (Å²) in [7, 11) is 0. The van der Waals surface area contributed by atoms with Gasteiger partial charge in [0.1, 0.15) is 24.6 Å². The lowest BCUT2D eigenvalue weighted by Crippen LogP contribution is -2.23. The Morgan fingerprint density at radius 1 is 0.744 bits per heavy atom. The average molecular weight is 526 g/mol. The molecule has 0 bridgehead atoms. The van der Waals surface area contributed by atoms with E-state index in [1.165, 1.54) is 0 Å². The molecule has 0 N–H and O–H groups in total. The van der Waals surface area contributed by atoms with Crippen molar-refractivity contribution >= 4 is 5.97 Å². The highest BCUT2D eigenvalue weighted by Crippen LogP contribution is 2.33. The fraction of sp³-hybridized carbons (Fsp3) is 0.273. The number of carbonyl (C=O) groups excluding carboxylic acids is 1. The molecule has 0 aliphatic rings. The van der Waals surface area contributed by atoms with Crippen LogP contribution in [0.3, 0.4) is 0 Å². The average Bonchev–Trinajstić information content (AvgIpc) is 2.93. The number of hydrogen-bond acceptors (Lipinski definition) is 6. The summed E-state index contributed by atoms with van der Waals surface area (Å²) in [6, 6.07) is 31.5. The summed E-state index contributed by atoms with van der Waals surface area (Å²) in [5.41, 5.74) is 3.36.